The number of carboxylic acids is 1. The summed E-state index contributed by atoms with van der Waals surface area (Å²) in [5.41, 5.74) is -0.555. The molecule has 1 heterocycles. The van der Waals surface area contributed by atoms with Crippen molar-refractivity contribution in [2.45, 2.75) is 25.8 Å². The van der Waals surface area contributed by atoms with Gasteiger partial charge in [-0.25, -0.2) is 9.97 Å². The molecule has 6 heteroatoms. The Labute approximate surface area is 98.1 Å². The molecule has 1 fully saturated rings. The average Bonchev–Trinajstić information content (AvgIpc) is 2.25. The fraction of sp³-hybridized carbons (Fsp3) is 0.455. The van der Waals surface area contributed by atoms with E-state index in [0.29, 0.717) is 18.5 Å². The zero-order valence-electron chi connectivity index (χ0n) is 9.22. The summed E-state index contributed by atoms with van der Waals surface area (Å²) >= 11 is 0. The third kappa shape index (κ3) is 2.11. The second-order valence-electron chi connectivity index (χ2n) is 4.12. The van der Waals surface area contributed by atoms with Gasteiger partial charge in [-0.15, -0.1) is 0 Å². The third-order valence-corrected chi connectivity index (χ3v) is 3.12. The Bertz CT molecular complexity index is 429. The first kappa shape index (κ1) is 11.5. The van der Waals surface area contributed by atoms with Crippen LogP contribution in [-0.2, 0) is 16.1 Å². The summed E-state index contributed by atoms with van der Waals surface area (Å²) in [7, 11) is 0. The molecule has 1 amide bonds. The molecule has 1 saturated carbocycles. The van der Waals surface area contributed by atoms with Crippen LogP contribution in [0, 0.1) is 5.41 Å². The summed E-state index contributed by atoms with van der Waals surface area (Å²) in [6, 6.07) is 1.68. The molecule has 6 nitrogen and oxygen atoms in total. The van der Waals surface area contributed by atoms with E-state index in [1.165, 1.54) is 6.33 Å². The maximum atomic E-state index is 11.8. The number of amides is 1. The fourth-order valence-corrected chi connectivity index (χ4v) is 1.83. The quantitative estimate of drug-likeness (QED) is 0.734. The first-order valence-corrected chi connectivity index (χ1v) is 5.42. The lowest BCUT2D eigenvalue weighted by atomic mass is 9.68. The maximum absolute atomic E-state index is 11.8. The molecule has 2 N–H and O–H groups in total. The number of carboxylic acid groups (broad SMARTS) is 1. The molecule has 0 aromatic carbocycles. The molecule has 1 aliphatic rings. The van der Waals surface area contributed by atoms with Gasteiger partial charge in [-0.1, -0.05) is 6.42 Å². The molecule has 17 heavy (non-hydrogen) atoms. The van der Waals surface area contributed by atoms with Crippen molar-refractivity contribution < 1.29 is 14.7 Å². The summed E-state index contributed by atoms with van der Waals surface area (Å²) in [5.74, 6) is -1.46. The van der Waals surface area contributed by atoms with Crippen molar-refractivity contribution in [2.75, 3.05) is 0 Å². The summed E-state index contributed by atoms with van der Waals surface area (Å²) < 4.78 is 0. The molecule has 1 aromatic heterocycles. The SMILES string of the molecule is O=C(O)C1(C(=O)NCc2ccncn2)CCC1. The van der Waals surface area contributed by atoms with Crippen molar-refractivity contribution in [1.82, 2.24) is 15.3 Å². The number of nitrogens with one attached hydrogen (secondary N) is 1. The minimum atomic E-state index is -1.22. The molecular weight excluding hydrogens is 222 g/mol. The number of nitrogens with zero attached hydrogens (tertiary/aromatic N) is 2. The third-order valence-electron chi connectivity index (χ3n) is 3.12. The highest BCUT2D eigenvalue weighted by atomic mass is 16.4. The number of carbonyl (C=O) groups is 2. The molecule has 1 aromatic rings. The van der Waals surface area contributed by atoms with Crippen LogP contribution in [0.2, 0.25) is 0 Å². The van der Waals surface area contributed by atoms with Gasteiger partial charge in [0.1, 0.15) is 11.7 Å². The van der Waals surface area contributed by atoms with Crippen LogP contribution in [0.1, 0.15) is 25.0 Å². The van der Waals surface area contributed by atoms with Crippen molar-refractivity contribution >= 4 is 11.9 Å². The van der Waals surface area contributed by atoms with Gasteiger partial charge >= 0.3 is 5.97 Å². The van der Waals surface area contributed by atoms with Crippen molar-refractivity contribution in [3.63, 3.8) is 0 Å². The normalized spacial score (nSPS) is 16.9. The van der Waals surface area contributed by atoms with E-state index in [4.69, 9.17) is 5.11 Å². The van der Waals surface area contributed by atoms with E-state index in [0.717, 1.165) is 6.42 Å². The maximum Gasteiger partial charge on any atom is 0.319 e. The Morgan fingerprint density at radius 2 is 2.24 bits per heavy atom. The minimum absolute atomic E-state index is 0.233. The highest BCUT2D eigenvalue weighted by Gasteiger charge is 2.50. The lowest BCUT2D eigenvalue weighted by Gasteiger charge is -2.35. The zero-order chi connectivity index (χ0) is 12.3. The van der Waals surface area contributed by atoms with Crippen molar-refractivity contribution in [1.29, 1.82) is 0 Å². The number of aromatic nitrogens is 2. The average molecular weight is 235 g/mol. The monoisotopic (exact) mass is 235 g/mol. The molecule has 0 aliphatic heterocycles. The summed E-state index contributed by atoms with van der Waals surface area (Å²) in [4.78, 5) is 30.6. The Hall–Kier alpha value is -1.98. The Morgan fingerprint density at radius 1 is 1.47 bits per heavy atom. The van der Waals surface area contributed by atoms with E-state index in [-0.39, 0.29) is 6.54 Å². The molecule has 0 spiro atoms. The minimum Gasteiger partial charge on any atom is -0.480 e. The first-order chi connectivity index (χ1) is 8.15. The molecule has 2 rings (SSSR count). The van der Waals surface area contributed by atoms with Gasteiger partial charge < -0.3 is 10.4 Å². The number of hydrogen-bond donors (Lipinski definition) is 2. The van der Waals surface area contributed by atoms with E-state index in [2.05, 4.69) is 15.3 Å². The summed E-state index contributed by atoms with van der Waals surface area (Å²) in [6.45, 7) is 0.233. The predicted octanol–water partition coefficient (Wildman–Crippen LogP) is 0.348. The molecule has 1 aliphatic carbocycles. The second kappa shape index (κ2) is 4.48. The number of aliphatic carboxylic acids is 1. The largest absolute Gasteiger partial charge is 0.480 e. The topological polar surface area (TPSA) is 92.2 Å². The van der Waals surface area contributed by atoms with Crippen molar-refractivity contribution in [3.8, 4) is 0 Å². The summed E-state index contributed by atoms with van der Waals surface area (Å²) in [6.07, 6.45) is 4.58. The Kier molecular flexibility index (Phi) is 3.03. The predicted molar refractivity (Wildman–Crippen MR) is 57.8 cm³/mol. The van der Waals surface area contributed by atoms with E-state index >= 15 is 0 Å². The molecule has 0 saturated heterocycles. The smallest absolute Gasteiger partial charge is 0.319 e. The van der Waals surface area contributed by atoms with Crippen LogP contribution in [0.25, 0.3) is 0 Å². The van der Waals surface area contributed by atoms with Gasteiger partial charge in [0.2, 0.25) is 5.91 Å². The highest BCUT2D eigenvalue weighted by molar-refractivity contribution is 6.02. The number of rotatable bonds is 4. The lowest BCUT2D eigenvalue weighted by Crippen LogP contribution is -2.50. The Morgan fingerprint density at radius 3 is 2.71 bits per heavy atom. The van der Waals surface area contributed by atoms with E-state index in [9.17, 15) is 9.59 Å². The van der Waals surface area contributed by atoms with Gasteiger partial charge in [-0.2, -0.15) is 0 Å². The van der Waals surface area contributed by atoms with Gasteiger partial charge in [0, 0.05) is 6.20 Å². The van der Waals surface area contributed by atoms with Crippen LogP contribution >= 0.6 is 0 Å². The fourth-order valence-electron chi connectivity index (χ4n) is 1.83. The Balaban J connectivity index is 1.96. The van der Waals surface area contributed by atoms with Crippen molar-refractivity contribution in [2.24, 2.45) is 5.41 Å². The molecule has 90 valence electrons. The molecule has 0 radical (unpaired) electrons. The lowest BCUT2D eigenvalue weighted by molar-refractivity contribution is -0.162. The molecular formula is C11H13N3O3. The number of hydrogen-bond acceptors (Lipinski definition) is 4. The van der Waals surface area contributed by atoms with Crippen molar-refractivity contribution in [3.05, 3.63) is 24.3 Å². The second-order valence-corrected chi connectivity index (χ2v) is 4.12. The van der Waals surface area contributed by atoms with Gasteiger partial charge in [0.05, 0.1) is 12.2 Å². The molecule has 0 bridgehead atoms. The van der Waals surface area contributed by atoms with Crippen LogP contribution in [0.3, 0.4) is 0 Å². The standard InChI is InChI=1S/C11H13N3O3/c15-9(11(10(16)17)3-1-4-11)13-6-8-2-5-12-7-14-8/h2,5,7H,1,3-4,6H2,(H,13,15)(H,16,17). The van der Waals surface area contributed by atoms with Gasteiger partial charge in [-0.3, -0.25) is 9.59 Å². The highest BCUT2D eigenvalue weighted by Crippen LogP contribution is 2.41. The van der Waals surface area contributed by atoms with Gasteiger partial charge in [0.15, 0.2) is 0 Å². The van der Waals surface area contributed by atoms with E-state index in [1.54, 1.807) is 12.3 Å². The van der Waals surface area contributed by atoms with Gasteiger partial charge in [0.25, 0.3) is 0 Å². The van der Waals surface area contributed by atoms with Crippen LogP contribution in [-0.4, -0.2) is 27.0 Å². The first-order valence-electron chi connectivity index (χ1n) is 5.42. The van der Waals surface area contributed by atoms with Crippen LogP contribution in [0.15, 0.2) is 18.6 Å². The van der Waals surface area contributed by atoms with E-state index < -0.39 is 17.3 Å². The van der Waals surface area contributed by atoms with Crippen LogP contribution < -0.4 is 5.32 Å². The number of carbonyl (C=O) groups excluding carboxylic acids is 1. The van der Waals surface area contributed by atoms with E-state index in [1.807, 2.05) is 0 Å². The summed E-state index contributed by atoms with van der Waals surface area (Å²) in [5, 5.41) is 11.7. The zero-order valence-corrected chi connectivity index (χ0v) is 9.22. The van der Waals surface area contributed by atoms with Crippen LogP contribution in [0.5, 0.6) is 0 Å². The molecule has 0 atom stereocenters. The molecule has 0 unspecified atom stereocenters. The van der Waals surface area contributed by atoms with Crippen LogP contribution in [0.4, 0.5) is 0 Å². The van der Waals surface area contributed by atoms with Gasteiger partial charge in [-0.05, 0) is 18.9 Å².